The van der Waals surface area contributed by atoms with Crippen LogP contribution in [0.3, 0.4) is 0 Å². The molecule has 8 heteroatoms. The molecular weight excluding hydrogens is 336 g/mol. The fourth-order valence-corrected chi connectivity index (χ4v) is 3.17. The van der Waals surface area contributed by atoms with Gasteiger partial charge in [0.15, 0.2) is 5.76 Å². The second kappa shape index (κ2) is 8.44. The first-order valence-corrected chi connectivity index (χ1v) is 8.27. The van der Waals surface area contributed by atoms with Crippen molar-refractivity contribution in [3.63, 3.8) is 0 Å². The number of nitrogens with zero attached hydrogens (tertiary/aromatic N) is 3. The fraction of sp³-hybridized carbons (Fsp3) is 0.467. The minimum absolute atomic E-state index is 0. The Labute approximate surface area is 145 Å². The van der Waals surface area contributed by atoms with Crippen LogP contribution in [0.4, 0.5) is 0 Å². The number of halogens is 1. The highest BCUT2D eigenvalue weighted by Crippen LogP contribution is 2.25. The van der Waals surface area contributed by atoms with E-state index in [4.69, 9.17) is 4.52 Å². The molecule has 1 saturated heterocycles. The molecule has 23 heavy (non-hydrogen) atoms. The number of thiophene rings is 1. The Balaban J connectivity index is 0.00000192. The topological polar surface area (TPSA) is 61.6 Å². The van der Waals surface area contributed by atoms with Crippen molar-refractivity contribution in [2.75, 3.05) is 39.8 Å². The number of aromatic nitrogens is 1. The molecule has 6 nitrogen and oxygen atoms in total. The molecule has 0 spiro atoms. The van der Waals surface area contributed by atoms with Gasteiger partial charge in [0, 0.05) is 38.8 Å². The van der Waals surface area contributed by atoms with Gasteiger partial charge in [0.1, 0.15) is 0 Å². The normalized spacial score (nSPS) is 14.8. The lowest BCUT2D eigenvalue weighted by molar-refractivity contribution is -0.132. The molecule has 0 atom stereocenters. The third-order valence-electron chi connectivity index (χ3n) is 3.63. The maximum atomic E-state index is 12.2. The molecule has 1 N–H and O–H groups in total. The van der Waals surface area contributed by atoms with E-state index in [1.165, 1.54) is 0 Å². The molecule has 0 saturated carbocycles. The number of rotatable bonds is 5. The number of hydrogen-bond acceptors (Lipinski definition) is 6. The van der Waals surface area contributed by atoms with Crippen molar-refractivity contribution in [3.8, 4) is 10.6 Å². The van der Waals surface area contributed by atoms with Crippen LogP contribution in [0.2, 0.25) is 0 Å². The number of carbonyl (C=O) groups excluding carboxylic acids is 1. The standard InChI is InChI=1S/C15H20N4O2S.ClH/c1-18(11-15(20)19-6-4-16-5-7-19)10-12-9-13(21-17-12)14-3-2-8-22-14;/h2-3,8-9,16H,4-7,10-11H2,1H3;1H. The molecule has 0 aromatic carbocycles. The Hall–Kier alpha value is -1.41. The van der Waals surface area contributed by atoms with Gasteiger partial charge in [-0.1, -0.05) is 11.2 Å². The van der Waals surface area contributed by atoms with Crippen LogP contribution in [0.5, 0.6) is 0 Å². The molecule has 0 radical (unpaired) electrons. The van der Waals surface area contributed by atoms with Gasteiger partial charge in [0.05, 0.1) is 17.1 Å². The minimum Gasteiger partial charge on any atom is -0.355 e. The summed E-state index contributed by atoms with van der Waals surface area (Å²) in [6, 6.07) is 5.94. The maximum Gasteiger partial charge on any atom is 0.236 e. The van der Waals surface area contributed by atoms with E-state index in [0.29, 0.717) is 13.1 Å². The van der Waals surface area contributed by atoms with E-state index >= 15 is 0 Å². The van der Waals surface area contributed by atoms with E-state index < -0.39 is 0 Å². The molecule has 126 valence electrons. The lowest BCUT2D eigenvalue weighted by atomic mass is 10.3. The van der Waals surface area contributed by atoms with Crippen LogP contribution in [0, 0.1) is 0 Å². The zero-order chi connectivity index (χ0) is 15.4. The Morgan fingerprint density at radius 2 is 2.26 bits per heavy atom. The van der Waals surface area contributed by atoms with Crippen LogP contribution in [0.15, 0.2) is 28.1 Å². The quantitative estimate of drug-likeness (QED) is 0.883. The van der Waals surface area contributed by atoms with Crippen LogP contribution >= 0.6 is 23.7 Å². The first kappa shape index (κ1) is 17.9. The average Bonchev–Trinajstić information content (AvgIpc) is 3.19. The highest BCUT2D eigenvalue weighted by Gasteiger charge is 2.18. The van der Waals surface area contributed by atoms with Gasteiger partial charge in [-0.3, -0.25) is 9.69 Å². The van der Waals surface area contributed by atoms with Gasteiger partial charge >= 0.3 is 0 Å². The molecule has 0 unspecified atom stereocenters. The van der Waals surface area contributed by atoms with Crippen LogP contribution in [-0.2, 0) is 11.3 Å². The molecule has 3 heterocycles. The molecule has 1 amide bonds. The first-order valence-electron chi connectivity index (χ1n) is 7.39. The van der Waals surface area contributed by atoms with Crippen LogP contribution < -0.4 is 5.32 Å². The second-order valence-electron chi connectivity index (χ2n) is 5.46. The van der Waals surface area contributed by atoms with Gasteiger partial charge in [0.25, 0.3) is 0 Å². The van der Waals surface area contributed by atoms with Crippen molar-refractivity contribution in [1.82, 2.24) is 20.3 Å². The van der Waals surface area contributed by atoms with Crippen molar-refractivity contribution in [2.24, 2.45) is 0 Å². The minimum atomic E-state index is 0. The molecule has 3 rings (SSSR count). The van der Waals surface area contributed by atoms with Gasteiger partial charge in [-0.2, -0.15) is 0 Å². The number of amides is 1. The molecule has 1 fully saturated rings. The molecule has 2 aromatic heterocycles. The summed E-state index contributed by atoms with van der Waals surface area (Å²) in [4.78, 5) is 17.2. The summed E-state index contributed by atoms with van der Waals surface area (Å²) in [6.07, 6.45) is 0. The summed E-state index contributed by atoms with van der Waals surface area (Å²) < 4.78 is 5.36. The highest BCUT2D eigenvalue weighted by atomic mass is 35.5. The van der Waals surface area contributed by atoms with Gasteiger partial charge in [0.2, 0.25) is 5.91 Å². The molecular formula is C15H21ClN4O2S. The number of carbonyl (C=O) groups is 1. The SMILES string of the molecule is CN(CC(=O)N1CCNCC1)Cc1cc(-c2cccs2)on1.Cl. The lowest BCUT2D eigenvalue weighted by Crippen LogP contribution is -2.49. The summed E-state index contributed by atoms with van der Waals surface area (Å²) in [7, 11) is 1.93. The maximum absolute atomic E-state index is 12.2. The van der Waals surface area contributed by atoms with Crippen LogP contribution in [0.25, 0.3) is 10.6 Å². The molecule has 1 aliphatic heterocycles. The van der Waals surface area contributed by atoms with E-state index in [1.54, 1.807) is 11.3 Å². The van der Waals surface area contributed by atoms with Crippen molar-refractivity contribution in [3.05, 3.63) is 29.3 Å². The predicted octanol–water partition coefficient (Wildman–Crippen LogP) is 1.69. The summed E-state index contributed by atoms with van der Waals surface area (Å²) in [5, 5.41) is 9.35. The van der Waals surface area contributed by atoms with Crippen LogP contribution in [0.1, 0.15) is 5.69 Å². The summed E-state index contributed by atoms with van der Waals surface area (Å²) in [5.41, 5.74) is 0.846. The molecule has 0 bridgehead atoms. The Morgan fingerprint density at radius 1 is 1.48 bits per heavy atom. The second-order valence-corrected chi connectivity index (χ2v) is 6.41. The van der Waals surface area contributed by atoms with Gasteiger partial charge in [-0.15, -0.1) is 23.7 Å². The fourth-order valence-electron chi connectivity index (χ4n) is 2.50. The Kier molecular flexibility index (Phi) is 6.59. The summed E-state index contributed by atoms with van der Waals surface area (Å²) in [5.74, 6) is 0.956. The average molecular weight is 357 g/mol. The largest absolute Gasteiger partial charge is 0.355 e. The summed E-state index contributed by atoms with van der Waals surface area (Å²) in [6.45, 7) is 4.35. The van der Waals surface area contributed by atoms with E-state index in [9.17, 15) is 4.79 Å². The Bertz CT molecular complexity index is 611. The number of likely N-dealkylation sites (N-methyl/N-ethyl adjacent to an activating group) is 1. The first-order chi connectivity index (χ1) is 10.7. The third-order valence-corrected chi connectivity index (χ3v) is 4.51. The third kappa shape index (κ3) is 4.78. The molecule has 1 aliphatic rings. The van der Waals surface area contributed by atoms with E-state index in [0.717, 1.165) is 42.5 Å². The van der Waals surface area contributed by atoms with Crippen molar-refractivity contribution in [1.29, 1.82) is 0 Å². The zero-order valence-corrected chi connectivity index (χ0v) is 14.7. The zero-order valence-electron chi connectivity index (χ0n) is 13.0. The molecule has 2 aromatic rings. The van der Waals surface area contributed by atoms with E-state index in [2.05, 4.69) is 10.5 Å². The number of piperazine rings is 1. The Morgan fingerprint density at radius 3 is 2.96 bits per heavy atom. The van der Waals surface area contributed by atoms with Gasteiger partial charge < -0.3 is 14.7 Å². The van der Waals surface area contributed by atoms with Gasteiger partial charge in [-0.25, -0.2) is 0 Å². The van der Waals surface area contributed by atoms with Gasteiger partial charge in [-0.05, 0) is 18.5 Å². The van der Waals surface area contributed by atoms with E-state index in [-0.39, 0.29) is 18.3 Å². The van der Waals surface area contributed by atoms with Crippen LogP contribution in [-0.4, -0.2) is 60.6 Å². The van der Waals surface area contributed by atoms with Crippen molar-refractivity contribution in [2.45, 2.75) is 6.54 Å². The lowest BCUT2D eigenvalue weighted by Gasteiger charge is -2.29. The van der Waals surface area contributed by atoms with Crippen molar-refractivity contribution < 1.29 is 9.32 Å². The smallest absolute Gasteiger partial charge is 0.236 e. The number of nitrogens with one attached hydrogen (secondary N) is 1. The van der Waals surface area contributed by atoms with E-state index in [1.807, 2.05) is 40.4 Å². The molecule has 0 aliphatic carbocycles. The van der Waals surface area contributed by atoms with Crippen molar-refractivity contribution >= 4 is 29.7 Å². The highest BCUT2D eigenvalue weighted by molar-refractivity contribution is 7.13. The monoisotopic (exact) mass is 356 g/mol. The summed E-state index contributed by atoms with van der Waals surface area (Å²) >= 11 is 1.62. The number of hydrogen-bond donors (Lipinski definition) is 1. The predicted molar refractivity (Wildman–Crippen MR) is 92.8 cm³/mol.